The molecule has 0 unspecified atom stereocenters. The lowest BCUT2D eigenvalue weighted by Gasteiger charge is -2.08. The lowest BCUT2D eigenvalue weighted by atomic mass is 10.1. The van der Waals surface area contributed by atoms with Crippen LogP contribution in [0.2, 0.25) is 0 Å². The van der Waals surface area contributed by atoms with Crippen molar-refractivity contribution in [3.05, 3.63) is 81.8 Å². The topological polar surface area (TPSA) is 77.3 Å². The third-order valence-electron chi connectivity index (χ3n) is 4.58. The molecule has 0 aliphatic carbocycles. The van der Waals surface area contributed by atoms with Crippen LogP contribution in [0.15, 0.2) is 59.4 Å². The van der Waals surface area contributed by atoms with E-state index in [2.05, 4.69) is 10.6 Å². The number of urea groups is 1. The first-order valence-corrected chi connectivity index (χ1v) is 8.97. The molecule has 0 spiro atoms. The average molecular weight is 380 g/mol. The summed E-state index contributed by atoms with van der Waals surface area (Å²) in [5.74, 6) is 0. The fourth-order valence-electron chi connectivity index (χ4n) is 2.97. The van der Waals surface area contributed by atoms with E-state index in [0.29, 0.717) is 18.8 Å². The second-order valence-electron chi connectivity index (χ2n) is 6.49. The quantitative estimate of drug-likeness (QED) is 0.690. The molecule has 0 radical (unpaired) electrons. The molecule has 3 aromatic rings. The smallest absolute Gasteiger partial charge is 0.319 e. The first-order chi connectivity index (χ1) is 13.5. The highest BCUT2D eigenvalue weighted by Crippen LogP contribution is 2.14. The Morgan fingerprint density at radius 3 is 2.32 bits per heavy atom. The van der Waals surface area contributed by atoms with Crippen LogP contribution >= 0.6 is 0 Å². The van der Waals surface area contributed by atoms with E-state index in [1.54, 1.807) is 25.8 Å². The van der Waals surface area contributed by atoms with Crippen LogP contribution in [0.5, 0.6) is 0 Å². The van der Waals surface area contributed by atoms with Gasteiger partial charge in [0.25, 0.3) is 5.56 Å². The molecule has 1 heterocycles. The monoisotopic (exact) mass is 380 g/mol. The van der Waals surface area contributed by atoms with E-state index in [1.807, 2.05) is 54.6 Å². The number of ether oxygens (including phenoxy) is 1. The normalized spacial score (nSPS) is 10.7. The Hall–Kier alpha value is -3.32. The third kappa shape index (κ3) is 4.15. The highest BCUT2D eigenvalue weighted by molar-refractivity contribution is 5.89. The van der Waals surface area contributed by atoms with E-state index in [0.717, 1.165) is 16.8 Å². The summed E-state index contributed by atoms with van der Waals surface area (Å²) in [6, 6.07) is 16.7. The van der Waals surface area contributed by atoms with Crippen molar-refractivity contribution in [3.63, 3.8) is 0 Å². The second kappa shape index (κ2) is 8.58. The van der Waals surface area contributed by atoms with Crippen LogP contribution in [0.25, 0.3) is 5.69 Å². The molecule has 7 nitrogen and oxygen atoms in total. The van der Waals surface area contributed by atoms with Crippen LogP contribution in [0.4, 0.5) is 10.5 Å². The van der Waals surface area contributed by atoms with Gasteiger partial charge in [-0.1, -0.05) is 42.5 Å². The van der Waals surface area contributed by atoms with Crippen molar-refractivity contribution in [3.8, 4) is 5.69 Å². The lowest BCUT2D eigenvalue weighted by molar-refractivity contribution is 0.185. The highest BCUT2D eigenvalue weighted by atomic mass is 16.5. The standard InChI is InChI=1S/C21H24N4O3/c1-15-19(20(26)25(24(15)2)18-7-5-4-6-8-18)23-21(27)22-13-16-9-11-17(12-10-16)14-28-3/h4-12H,13-14H2,1-3H3,(H2,22,23,27). The van der Waals surface area contributed by atoms with Crippen LogP contribution in [-0.2, 0) is 24.9 Å². The zero-order valence-corrected chi connectivity index (χ0v) is 16.2. The minimum atomic E-state index is -0.424. The van der Waals surface area contributed by atoms with E-state index < -0.39 is 6.03 Å². The van der Waals surface area contributed by atoms with Gasteiger partial charge in [-0.15, -0.1) is 0 Å². The Labute approximate surface area is 163 Å². The number of para-hydroxylation sites is 1. The molecule has 146 valence electrons. The van der Waals surface area contributed by atoms with Crippen LogP contribution in [0.1, 0.15) is 16.8 Å². The summed E-state index contributed by atoms with van der Waals surface area (Å²) in [5, 5.41) is 5.47. The zero-order chi connectivity index (χ0) is 20.1. The Kier molecular flexibility index (Phi) is 5.96. The van der Waals surface area contributed by atoms with Crippen molar-refractivity contribution in [2.24, 2.45) is 7.05 Å². The molecule has 0 saturated carbocycles. The van der Waals surface area contributed by atoms with Gasteiger partial charge in [0.15, 0.2) is 0 Å². The number of nitrogens with one attached hydrogen (secondary N) is 2. The molecular formula is C21H24N4O3. The first kappa shape index (κ1) is 19.4. The van der Waals surface area contributed by atoms with Crippen molar-refractivity contribution >= 4 is 11.7 Å². The number of carbonyl (C=O) groups excluding carboxylic acids is 1. The van der Waals surface area contributed by atoms with Gasteiger partial charge in [-0.05, 0) is 30.2 Å². The maximum atomic E-state index is 12.8. The number of anilines is 1. The van der Waals surface area contributed by atoms with Crippen molar-refractivity contribution in [2.45, 2.75) is 20.1 Å². The number of hydrogen-bond acceptors (Lipinski definition) is 3. The lowest BCUT2D eigenvalue weighted by Crippen LogP contribution is -2.31. The van der Waals surface area contributed by atoms with Gasteiger partial charge in [-0.3, -0.25) is 9.48 Å². The molecule has 0 saturated heterocycles. The average Bonchev–Trinajstić information content (AvgIpc) is 2.91. The predicted octanol–water partition coefficient (Wildman–Crippen LogP) is 2.95. The number of aromatic nitrogens is 2. The van der Waals surface area contributed by atoms with Crippen LogP contribution in [-0.4, -0.2) is 22.5 Å². The minimum absolute atomic E-state index is 0.263. The first-order valence-electron chi connectivity index (χ1n) is 8.97. The fraction of sp³-hybridized carbons (Fsp3) is 0.238. The summed E-state index contributed by atoms with van der Waals surface area (Å²) in [6.45, 7) is 2.71. The fourth-order valence-corrected chi connectivity index (χ4v) is 2.97. The predicted molar refractivity (Wildman–Crippen MR) is 109 cm³/mol. The van der Waals surface area contributed by atoms with Gasteiger partial charge in [-0.2, -0.15) is 0 Å². The van der Waals surface area contributed by atoms with Crippen molar-refractivity contribution in [1.82, 2.24) is 14.7 Å². The molecule has 28 heavy (non-hydrogen) atoms. The minimum Gasteiger partial charge on any atom is -0.380 e. The summed E-state index contributed by atoms with van der Waals surface area (Å²) < 4.78 is 8.34. The molecule has 2 aromatic carbocycles. The van der Waals surface area contributed by atoms with Crippen molar-refractivity contribution in [2.75, 3.05) is 12.4 Å². The number of rotatable bonds is 6. The van der Waals surface area contributed by atoms with Gasteiger partial charge < -0.3 is 15.4 Å². The molecule has 2 N–H and O–H groups in total. The number of amides is 2. The van der Waals surface area contributed by atoms with Gasteiger partial charge in [-0.25, -0.2) is 9.48 Å². The molecule has 3 rings (SSSR count). The molecule has 2 amide bonds. The molecule has 0 aliphatic heterocycles. The summed E-state index contributed by atoms with van der Waals surface area (Å²) >= 11 is 0. The highest BCUT2D eigenvalue weighted by Gasteiger charge is 2.17. The molecule has 1 aromatic heterocycles. The summed E-state index contributed by atoms with van der Waals surface area (Å²) in [5.41, 5.74) is 3.43. The SMILES string of the molecule is COCc1ccc(CNC(=O)Nc2c(C)n(C)n(-c3ccccc3)c2=O)cc1. The van der Waals surface area contributed by atoms with Gasteiger partial charge in [0, 0.05) is 20.7 Å². The van der Waals surface area contributed by atoms with E-state index in [9.17, 15) is 9.59 Å². The molecule has 0 atom stereocenters. The summed E-state index contributed by atoms with van der Waals surface area (Å²) in [4.78, 5) is 25.1. The van der Waals surface area contributed by atoms with Crippen molar-refractivity contribution < 1.29 is 9.53 Å². The number of nitrogens with zero attached hydrogens (tertiary/aromatic N) is 2. The molecule has 0 bridgehead atoms. The van der Waals surface area contributed by atoms with Crippen LogP contribution in [0, 0.1) is 6.92 Å². The van der Waals surface area contributed by atoms with Crippen molar-refractivity contribution in [1.29, 1.82) is 0 Å². The maximum Gasteiger partial charge on any atom is 0.319 e. The Morgan fingerprint density at radius 1 is 1.04 bits per heavy atom. The zero-order valence-electron chi connectivity index (χ0n) is 16.2. The molecular weight excluding hydrogens is 356 g/mol. The van der Waals surface area contributed by atoms with Gasteiger partial charge in [0.1, 0.15) is 5.69 Å². The molecule has 7 heteroatoms. The number of benzene rings is 2. The largest absolute Gasteiger partial charge is 0.380 e. The van der Waals surface area contributed by atoms with E-state index in [1.165, 1.54) is 4.68 Å². The Morgan fingerprint density at radius 2 is 1.68 bits per heavy atom. The van der Waals surface area contributed by atoms with Crippen LogP contribution in [0.3, 0.4) is 0 Å². The number of hydrogen-bond donors (Lipinski definition) is 2. The maximum absolute atomic E-state index is 12.8. The van der Waals surface area contributed by atoms with Gasteiger partial charge in [0.05, 0.1) is 18.0 Å². The van der Waals surface area contributed by atoms with E-state index >= 15 is 0 Å². The van der Waals surface area contributed by atoms with E-state index in [4.69, 9.17) is 4.74 Å². The van der Waals surface area contributed by atoms with Crippen LogP contribution < -0.4 is 16.2 Å². The molecule has 0 fully saturated rings. The molecule has 0 aliphatic rings. The second-order valence-corrected chi connectivity index (χ2v) is 6.49. The van der Waals surface area contributed by atoms with Gasteiger partial charge in [0.2, 0.25) is 0 Å². The Balaban J connectivity index is 1.70. The third-order valence-corrected chi connectivity index (χ3v) is 4.58. The van der Waals surface area contributed by atoms with Gasteiger partial charge >= 0.3 is 6.03 Å². The van der Waals surface area contributed by atoms with E-state index in [-0.39, 0.29) is 11.2 Å². The Bertz CT molecular complexity index is 1000. The summed E-state index contributed by atoms with van der Waals surface area (Å²) in [6.07, 6.45) is 0. The summed E-state index contributed by atoms with van der Waals surface area (Å²) in [7, 11) is 3.44. The number of carbonyl (C=O) groups is 1. The number of methoxy groups -OCH3 is 1.